The molecule has 0 aliphatic carbocycles. The van der Waals surface area contributed by atoms with Gasteiger partial charge in [-0.2, -0.15) is 0 Å². The number of unbranched alkanes of at least 4 members (excludes halogenated alkanes) is 4. The van der Waals surface area contributed by atoms with Crippen molar-refractivity contribution in [1.82, 2.24) is 20.2 Å². The van der Waals surface area contributed by atoms with Gasteiger partial charge < -0.3 is 20.3 Å². The molecular formula is C35H47N5O3S. The minimum absolute atomic E-state index is 0.0731. The second kappa shape index (κ2) is 18.0. The number of aromatic nitrogens is 2. The number of fused-ring (bicyclic) bond motifs is 1. The SMILES string of the molecule is CC(=O)N1CC(NC=O)C1.CCCCCCC.CCc1ccc(-c2cc3nccc(Oc4ccc(NC)cc4C)c3s2)nc1. The van der Waals surface area contributed by atoms with Gasteiger partial charge >= 0.3 is 0 Å². The Morgan fingerprint density at radius 3 is 2.34 bits per heavy atom. The predicted octanol–water partition coefficient (Wildman–Crippen LogP) is 8.00. The lowest BCUT2D eigenvalue weighted by atomic mass is 10.1. The minimum Gasteiger partial charge on any atom is -0.455 e. The van der Waals surface area contributed by atoms with Crippen LogP contribution in [0.25, 0.3) is 20.8 Å². The van der Waals surface area contributed by atoms with E-state index in [9.17, 15) is 9.59 Å². The Balaban J connectivity index is 0.000000255. The van der Waals surface area contributed by atoms with Gasteiger partial charge in [-0.05, 0) is 54.8 Å². The molecule has 3 aromatic heterocycles. The number of ether oxygens (including phenoxy) is 1. The van der Waals surface area contributed by atoms with Crippen LogP contribution in [-0.2, 0) is 16.0 Å². The summed E-state index contributed by atoms with van der Waals surface area (Å²) in [5.41, 5.74) is 5.29. The number of carbonyl (C=O) groups excluding carboxylic acids is 2. The average Bonchev–Trinajstić information content (AvgIpc) is 3.46. The number of amides is 2. The first-order valence-corrected chi connectivity index (χ1v) is 16.4. The average molecular weight is 618 g/mol. The first-order valence-electron chi connectivity index (χ1n) is 15.6. The van der Waals surface area contributed by atoms with Crippen LogP contribution in [0, 0.1) is 6.92 Å². The van der Waals surface area contributed by atoms with Crippen LogP contribution in [0.4, 0.5) is 5.69 Å². The fraction of sp³-hybridized carbons (Fsp3) is 0.429. The number of anilines is 1. The minimum atomic E-state index is 0.0731. The molecule has 0 bridgehead atoms. The third-order valence-electron chi connectivity index (χ3n) is 7.38. The van der Waals surface area contributed by atoms with Crippen LogP contribution in [0.15, 0.2) is 54.9 Å². The fourth-order valence-electron chi connectivity index (χ4n) is 4.55. The van der Waals surface area contributed by atoms with Crippen molar-refractivity contribution in [2.75, 3.05) is 25.5 Å². The molecule has 44 heavy (non-hydrogen) atoms. The smallest absolute Gasteiger partial charge is 0.219 e. The lowest BCUT2D eigenvalue weighted by Gasteiger charge is -2.37. The maximum absolute atomic E-state index is 10.6. The van der Waals surface area contributed by atoms with Crippen LogP contribution in [0.2, 0.25) is 0 Å². The van der Waals surface area contributed by atoms with E-state index in [1.807, 2.05) is 38.4 Å². The number of likely N-dealkylation sites (tertiary alicyclic amines) is 1. The number of aryl methyl sites for hydroxylation is 2. The number of carbonyl (C=O) groups is 2. The molecule has 1 aromatic carbocycles. The fourth-order valence-corrected chi connectivity index (χ4v) is 5.60. The summed E-state index contributed by atoms with van der Waals surface area (Å²) < 4.78 is 7.26. The molecule has 4 heterocycles. The summed E-state index contributed by atoms with van der Waals surface area (Å²) in [6.07, 6.45) is 12.4. The van der Waals surface area contributed by atoms with Crippen molar-refractivity contribution in [3.8, 4) is 22.1 Å². The highest BCUT2D eigenvalue weighted by Crippen LogP contribution is 2.39. The number of pyridine rings is 2. The summed E-state index contributed by atoms with van der Waals surface area (Å²) in [7, 11) is 1.91. The van der Waals surface area contributed by atoms with E-state index in [-0.39, 0.29) is 11.9 Å². The molecule has 5 rings (SSSR count). The van der Waals surface area contributed by atoms with Crippen molar-refractivity contribution in [1.29, 1.82) is 0 Å². The zero-order valence-electron chi connectivity index (χ0n) is 27.0. The Morgan fingerprint density at radius 1 is 1.02 bits per heavy atom. The number of benzene rings is 1. The highest BCUT2D eigenvalue weighted by molar-refractivity contribution is 7.22. The van der Waals surface area contributed by atoms with Crippen LogP contribution in [-0.4, -0.2) is 53.4 Å². The van der Waals surface area contributed by atoms with Crippen LogP contribution in [0.3, 0.4) is 0 Å². The Hall–Kier alpha value is -3.98. The Labute approximate surface area is 266 Å². The third kappa shape index (κ3) is 10.0. The second-order valence-corrected chi connectivity index (χ2v) is 11.9. The third-order valence-corrected chi connectivity index (χ3v) is 8.54. The summed E-state index contributed by atoms with van der Waals surface area (Å²) in [4.78, 5) is 32.3. The lowest BCUT2D eigenvalue weighted by Crippen LogP contribution is -2.58. The molecule has 0 radical (unpaired) electrons. The van der Waals surface area contributed by atoms with Crippen LogP contribution in [0.1, 0.15) is 70.9 Å². The van der Waals surface area contributed by atoms with Crippen molar-refractivity contribution < 1.29 is 14.3 Å². The molecule has 1 saturated heterocycles. The van der Waals surface area contributed by atoms with E-state index in [2.05, 4.69) is 65.6 Å². The van der Waals surface area contributed by atoms with Gasteiger partial charge in [0.25, 0.3) is 0 Å². The number of nitrogens with zero attached hydrogens (tertiary/aromatic N) is 3. The molecule has 4 aromatic rings. The highest BCUT2D eigenvalue weighted by atomic mass is 32.1. The van der Waals surface area contributed by atoms with E-state index in [4.69, 9.17) is 4.74 Å². The number of nitrogens with one attached hydrogen (secondary N) is 2. The topological polar surface area (TPSA) is 96.5 Å². The zero-order valence-corrected chi connectivity index (χ0v) is 27.8. The summed E-state index contributed by atoms with van der Waals surface area (Å²) >= 11 is 1.66. The normalized spacial score (nSPS) is 12.3. The maximum Gasteiger partial charge on any atom is 0.219 e. The summed E-state index contributed by atoms with van der Waals surface area (Å²) in [6.45, 7) is 11.5. The van der Waals surface area contributed by atoms with Gasteiger partial charge in [0.1, 0.15) is 11.5 Å². The molecule has 2 amide bonds. The number of hydrogen-bond donors (Lipinski definition) is 2. The highest BCUT2D eigenvalue weighted by Gasteiger charge is 2.27. The molecule has 0 atom stereocenters. The summed E-state index contributed by atoms with van der Waals surface area (Å²) in [6, 6.07) is 14.5. The Bertz CT molecular complexity index is 1460. The van der Waals surface area contributed by atoms with Crippen molar-refractivity contribution >= 4 is 39.6 Å². The van der Waals surface area contributed by atoms with E-state index in [0.29, 0.717) is 19.5 Å². The van der Waals surface area contributed by atoms with Gasteiger partial charge in [-0.25, -0.2) is 0 Å². The van der Waals surface area contributed by atoms with Crippen LogP contribution < -0.4 is 15.4 Å². The summed E-state index contributed by atoms with van der Waals surface area (Å²) in [5, 5.41) is 5.74. The molecule has 0 spiro atoms. The van der Waals surface area contributed by atoms with Crippen LogP contribution >= 0.6 is 11.3 Å². The van der Waals surface area contributed by atoms with E-state index in [0.717, 1.165) is 50.0 Å². The van der Waals surface area contributed by atoms with E-state index in [1.54, 1.807) is 22.4 Å². The molecule has 9 heteroatoms. The molecule has 236 valence electrons. The van der Waals surface area contributed by atoms with Gasteiger partial charge in [0.2, 0.25) is 12.3 Å². The van der Waals surface area contributed by atoms with Gasteiger partial charge in [-0.15, -0.1) is 11.3 Å². The van der Waals surface area contributed by atoms with Gasteiger partial charge in [-0.3, -0.25) is 19.6 Å². The van der Waals surface area contributed by atoms with E-state index in [1.165, 1.54) is 44.6 Å². The number of rotatable bonds is 11. The molecule has 1 fully saturated rings. The first kappa shape index (κ1) is 34.5. The Kier molecular flexibility index (Phi) is 14.1. The maximum atomic E-state index is 10.6. The quantitative estimate of drug-likeness (QED) is 0.131. The molecule has 0 saturated carbocycles. The molecular weight excluding hydrogens is 570 g/mol. The van der Waals surface area contributed by atoms with Gasteiger partial charge in [0, 0.05) is 51.2 Å². The lowest BCUT2D eigenvalue weighted by molar-refractivity contribution is -0.134. The zero-order chi connectivity index (χ0) is 31.9. The predicted molar refractivity (Wildman–Crippen MR) is 183 cm³/mol. The number of hydrogen-bond acceptors (Lipinski definition) is 7. The Morgan fingerprint density at radius 2 is 1.77 bits per heavy atom. The van der Waals surface area contributed by atoms with Gasteiger partial charge in [-0.1, -0.05) is 58.9 Å². The van der Waals surface area contributed by atoms with Crippen molar-refractivity contribution in [2.24, 2.45) is 0 Å². The standard InChI is InChI=1S/C22H21N3OS.C7H16.C6H10N2O2/c1-4-15-5-7-17(25-13-15)21-12-18-22(27-21)20(9-10-24-18)26-19-8-6-16(23-3)11-14(19)2;1-3-5-7-6-4-2;1-5(10)8-2-6(3-8)7-4-9/h5-13,23H,4H2,1-3H3;3-7H2,1-2H3;4,6H,2-3H2,1H3,(H,7,9). The van der Waals surface area contributed by atoms with Crippen molar-refractivity contribution in [3.63, 3.8) is 0 Å². The van der Waals surface area contributed by atoms with E-state index < -0.39 is 0 Å². The molecule has 8 nitrogen and oxygen atoms in total. The van der Waals surface area contributed by atoms with Crippen molar-refractivity contribution in [2.45, 2.75) is 79.2 Å². The van der Waals surface area contributed by atoms with Gasteiger partial charge in [0.15, 0.2) is 0 Å². The molecule has 2 N–H and O–H groups in total. The molecule has 1 aliphatic heterocycles. The van der Waals surface area contributed by atoms with Crippen molar-refractivity contribution in [3.05, 3.63) is 66.0 Å². The van der Waals surface area contributed by atoms with Gasteiger partial charge in [0.05, 0.1) is 26.8 Å². The largest absolute Gasteiger partial charge is 0.455 e. The molecule has 0 unspecified atom stereocenters. The molecule has 1 aliphatic rings. The summed E-state index contributed by atoms with van der Waals surface area (Å²) in [5.74, 6) is 1.74. The monoisotopic (exact) mass is 617 g/mol. The van der Waals surface area contributed by atoms with Crippen LogP contribution in [0.5, 0.6) is 11.5 Å². The first-order chi connectivity index (χ1) is 21.3. The number of thiophene rings is 1. The second-order valence-electron chi connectivity index (χ2n) is 10.8. The van der Waals surface area contributed by atoms with E-state index >= 15 is 0 Å².